The molecule has 0 unspecified atom stereocenters. The molecular formula is C14H21BN2O3. The van der Waals surface area contributed by atoms with Gasteiger partial charge >= 0.3 is 7.12 Å². The summed E-state index contributed by atoms with van der Waals surface area (Å²) >= 11 is 0. The predicted molar refractivity (Wildman–Crippen MR) is 78.1 cm³/mol. The Hall–Kier alpha value is -1.40. The highest BCUT2D eigenvalue weighted by molar-refractivity contribution is 6.61. The summed E-state index contributed by atoms with van der Waals surface area (Å²) in [7, 11) is 1.03. The number of aromatic nitrogens is 1. The van der Waals surface area contributed by atoms with E-state index in [0.29, 0.717) is 11.3 Å². The summed E-state index contributed by atoms with van der Waals surface area (Å²) in [6.07, 6.45) is 0. The van der Waals surface area contributed by atoms with Crippen LogP contribution in [0.2, 0.25) is 0 Å². The van der Waals surface area contributed by atoms with Gasteiger partial charge in [-0.25, -0.2) is 0 Å². The van der Waals surface area contributed by atoms with Gasteiger partial charge in [0.15, 0.2) is 0 Å². The number of aryl methyl sites for hydroxylation is 1. The highest BCUT2D eigenvalue weighted by atomic mass is 16.7. The van der Waals surface area contributed by atoms with E-state index >= 15 is 0 Å². The van der Waals surface area contributed by atoms with Gasteiger partial charge in [0.1, 0.15) is 5.69 Å². The largest absolute Gasteiger partial charge is 0.514 e. The molecule has 2 heterocycles. The van der Waals surface area contributed by atoms with Crippen LogP contribution < -0.4 is 10.9 Å². The minimum atomic E-state index is -0.552. The first-order valence-electron chi connectivity index (χ1n) is 6.72. The number of nitrogens with zero attached hydrogens (tertiary/aromatic N) is 1. The molecule has 0 aromatic carbocycles. The van der Waals surface area contributed by atoms with Crippen molar-refractivity contribution in [3.8, 4) is 0 Å². The van der Waals surface area contributed by atoms with E-state index in [2.05, 4.69) is 10.3 Å². The number of rotatable bonds is 2. The molecule has 0 aliphatic carbocycles. The molecule has 1 saturated heterocycles. The normalized spacial score (nSPS) is 20.0. The topological polar surface area (TPSA) is 60.5 Å². The van der Waals surface area contributed by atoms with Crippen LogP contribution in [0.3, 0.4) is 0 Å². The van der Waals surface area contributed by atoms with Crippen LogP contribution in [-0.4, -0.2) is 36.3 Å². The molecule has 6 heteroatoms. The van der Waals surface area contributed by atoms with Gasteiger partial charge in [-0.2, -0.15) is 0 Å². The Morgan fingerprint density at radius 3 is 2.25 bits per heavy atom. The Morgan fingerprint density at radius 2 is 1.75 bits per heavy atom. The molecule has 1 amide bonds. The van der Waals surface area contributed by atoms with E-state index in [-0.39, 0.29) is 5.91 Å². The van der Waals surface area contributed by atoms with Gasteiger partial charge in [-0.3, -0.25) is 9.78 Å². The lowest BCUT2D eigenvalue weighted by atomic mass is 9.83. The summed E-state index contributed by atoms with van der Waals surface area (Å²) in [5.74, 6) is -0.216. The van der Waals surface area contributed by atoms with Crippen LogP contribution >= 0.6 is 0 Å². The molecular weight excluding hydrogens is 255 g/mol. The van der Waals surface area contributed by atoms with Gasteiger partial charge in [0.05, 0.1) is 16.8 Å². The van der Waals surface area contributed by atoms with Crippen molar-refractivity contribution in [1.82, 2.24) is 10.3 Å². The first kappa shape index (κ1) is 15.0. The number of hydrogen-bond donors (Lipinski definition) is 1. The maximum Gasteiger partial charge on any atom is 0.514 e. The van der Waals surface area contributed by atoms with Crippen molar-refractivity contribution in [2.24, 2.45) is 0 Å². The number of pyridine rings is 1. The zero-order valence-electron chi connectivity index (χ0n) is 12.9. The average Bonchev–Trinajstić information content (AvgIpc) is 2.57. The Balaban J connectivity index is 2.35. The Kier molecular flexibility index (Phi) is 3.65. The van der Waals surface area contributed by atoms with Crippen LogP contribution in [0, 0.1) is 6.92 Å². The summed E-state index contributed by atoms with van der Waals surface area (Å²) in [5, 5.41) is 2.58. The highest BCUT2D eigenvalue weighted by Crippen LogP contribution is 2.36. The van der Waals surface area contributed by atoms with Gasteiger partial charge in [0.2, 0.25) is 0 Å². The zero-order valence-corrected chi connectivity index (χ0v) is 12.9. The summed E-state index contributed by atoms with van der Waals surface area (Å²) in [6, 6.07) is 3.63. The molecule has 1 fully saturated rings. The van der Waals surface area contributed by atoms with Crippen LogP contribution in [0.1, 0.15) is 43.7 Å². The molecule has 2 rings (SSSR count). The van der Waals surface area contributed by atoms with Crippen molar-refractivity contribution >= 4 is 18.6 Å². The lowest BCUT2D eigenvalue weighted by Crippen LogP contribution is -2.41. The Labute approximate surface area is 120 Å². The first-order chi connectivity index (χ1) is 9.16. The van der Waals surface area contributed by atoms with Crippen molar-refractivity contribution in [1.29, 1.82) is 0 Å². The van der Waals surface area contributed by atoms with Crippen LogP contribution in [0.15, 0.2) is 12.1 Å². The van der Waals surface area contributed by atoms with E-state index in [1.54, 1.807) is 13.1 Å². The van der Waals surface area contributed by atoms with Crippen molar-refractivity contribution in [2.45, 2.75) is 45.8 Å². The maximum atomic E-state index is 11.7. The fourth-order valence-corrected chi connectivity index (χ4v) is 2.02. The second-order valence-electron chi connectivity index (χ2n) is 6.12. The number of amides is 1. The third-order valence-electron chi connectivity index (χ3n) is 3.94. The number of carbonyl (C=O) groups excluding carboxylic acids is 1. The molecule has 0 radical (unpaired) electrons. The molecule has 108 valence electrons. The Morgan fingerprint density at radius 1 is 1.20 bits per heavy atom. The molecule has 5 nitrogen and oxygen atoms in total. The number of hydrogen-bond acceptors (Lipinski definition) is 4. The van der Waals surface area contributed by atoms with E-state index in [4.69, 9.17) is 9.31 Å². The predicted octanol–water partition coefficient (Wildman–Crippen LogP) is 1.05. The van der Waals surface area contributed by atoms with Gasteiger partial charge in [-0.1, -0.05) is 0 Å². The quantitative estimate of drug-likeness (QED) is 0.820. The summed E-state index contributed by atoms with van der Waals surface area (Å²) in [5.41, 5.74) is 1.11. The second kappa shape index (κ2) is 4.86. The van der Waals surface area contributed by atoms with E-state index in [1.807, 2.05) is 40.7 Å². The molecule has 0 bridgehead atoms. The van der Waals surface area contributed by atoms with Crippen LogP contribution in [-0.2, 0) is 9.31 Å². The molecule has 0 spiro atoms. The minimum Gasteiger partial charge on any atom is -0.398 e. The van der Waals surface area contributed by atoms with Gasteiger partial charge in [0.25, 0.3) is 5.91 Å². The fraction of sp³-hybridized carbons (Fsp3) is 0.571. The Bertz CT molecular complexity index is 527. The molecule has 20 heavy (non-hydrogen) atoms. The highest BCUT2D eigenvalue weighted by Gasteiger charge is 2.52. The zero-order chi connectivity index (χ0) is 15.1. The molecule has 1 aromatic rings. The summed E-state index contributed by atoms with van der Waals surface area (Å²) in [4.78, 5) is 16.1. The van der Waals surface area contributed by atoms with Gasteiger partial charge in [-0.05, 0) is 52.3 Å². The van der Waals surface area contributed by atoms with Crippen LogP contribution in [0.25, 0.3) is 0 Å². The van der Waals surface area contributed by atoms with E-state index in [1.165, 1.54) is 0 Å². The van der Waals surface area contributed by atoms with E-state index in [0.717, 1.165) is 5.56 Å². The van der Waals surface area contributed by atoms with Crippen molar-refractivity contribution in [3.05, 3.63) is 23.4 Å². The molecule has 1 N–H and O–H groups in total. The number of nitrogens with one attached hydrogen (secondary N) is 1. The standard InChI is InChI=1S/C14H21BN2O3/c1-9-7-10(12(18)16-6)17-11(8-9)15-19-13(2,3)14(4,5)20-15/h7-8H,1-6H3,(H,16,18). The molecule has 0 saturated carbocycles. The third-order valence-corrected chi connectivity index (χ3v) is 3.94. The van der Waals surface area contributed by atoms with Crippen molar-refractivity contribution in [2.75, 3.05) is 7.05 Å². The van der Waals surface area contributed by atoms with Crippen molar-refractivity contribution in [3.63, 3.8) is 0 Å². The summed E-state index contributed by atoms with van der Waals surface area (Å²) < 4.78 is 11.9. The maximum absolute atomic E-state index is 11.7. The van der Waals surface area contributed by atoms with Gasteiger partial charge in [0, 0.05) is 7.05 Å². The lowest BCUT2D eigenvalue weighted by molar-refractivity contribution is 0.00578. The smallest absolute Gasteiger partial charge is 0.398 e. The first-order valence-corrected chi connectivity index (χ1v) is 6.72. The average molecular weight is 276 g/mol. The molecule has 1 aliphatic heterocycles. The van der Waals surface area contributed by atoms with Crippen molar-refractivity contribution < 1.29 is 14.1 Å². The SMILES string of the molecule is CNC(=O)c1cc(C)cc(B2OC(C)(C)C(C)(C)O2)n1. The van der Waals surface area contributed by atoms with Crippen LogP contribution in [0.4, 0.5) is 0 Å². The van der Waals surface area contributed by atoms with Gasteiger partial charge in [-0.15, -0.1) is 0 Å². The van der Waals surface area contributed by atoms with E-state index < -0.39 is 18.3 Å². The molecule has 1 aromatic heterocycles. The minimum absolute atomic E-state index is 0.216. The van der Waals surface area contributed by atoms with E-state index in [9.17, 15) is 4.79 Å². The van der Waals surface area contributed by atoms with Crippen LogP contribution in [0.5, 0.6) is 0 Å². The summed E-state index contributed by atoms with van der Waals surface area (Å²) in [6.45, 7) is 9.87. The number of carbonyl (C=O) groups is 1. The molecule has 1 aliphatic rings. The third kappa shape index (κ3) is 2.58. The lowest BCUT2D eigenvalue weighted by Gasteiger charge is -2.32. The second-order valence-corrected chi connectivity index (χ2v) is 6.12. The molecule has 0 atom stereocenters. The fourth-order valence-electron chi connectivity index (χ4n) is 2.02. The monoisotopic (exact) mass is 276 g/mol. The van der Waals surface area contributed by atoms with Gasteiger partial charge < -0.3 is 14.6 Å².